The first kappa shape index (κ1) is 29.4. The second-order valence-corrected chi connectivity index (χ2v) is 13.0. The Morgan fingerprint density at radius 3 is 1.26 bits per heavy atom. The zero-order valence-electron chi connectivity index (χ0n) is 19.5. The van der Waals surface area contributed by atoms with Gasteiger partial charge in [-0.1, -0.05) is 0 Å². The summed E-state index contributed by atoms with van der Waals surface area (Å²) in [5.41, 5.74) is -14.5. The molecule has 2 heterocycles. The van der Waals surface area contributed by atoms with E-state index >= 15 is 0 Å². The van der Waals surface area contributed by atoms with Crippen molar-refractivity contribution in [2.75, 3.05) is 20.3 Å². The van der Waals surface area contributed by atoms with Crippen LogP contribution in [0.2, 0.25) is 0 Å². The summed E-state index contributed by atoms with van der Waals surface area (Å²) in [6.45, 7) is 0. The minimum absolute atomic E-state index is 0.227. The molecule has 17 heteroatoms. The van der Waals surface area contributed by atoms with Gasteiger partial charge in [0.15, 0.2) is 0 Å². The molecule has 0 unspecified atom stereocenters. The maximum atomic E-state index is 14.5. The third-order valence-electron chi connectivity index (χ3n) is 6.72. The molecular formula is C22H16F12NO3P. The van der Waals surface area contributed by atoms with Crippen LogP contribution in [0.25, 0.3) is 0 Å². The van der Waals surface area contributed by atoms with E-state index in [1.54, 1.807) is 0 Å². The van der Waals surface area contributed by atoms with Gasteiger partial charge in [0.05, 0.1) is 0 Å². The van der Waals surface area contributed by atoms with Gasteiger partial charge in [0.1, 0.15) is 0 Å². The molecule has 39 heavy (non-hydrogen) atoms. The molecule has 0 aromatic heterocycles. The summed E-state index contributed by atoms with van der Waals surface area (Å²) in [5.74, 6) is -1.45. The van der Waals surface area contributed by atoms with Crippen molar-refractivity contribution in [3.8, 4) is 0 Å². The van der Waals surface area contributed by atoms with E-state index in [1.165, 1.54) is 0 Å². The fourth-order valence-corrected chi connectivity index (χ4v) is 11.0. The molecule has 1 spiro atoms. The van der Waals surface area contributed by atoms with Gasteiger partial charge >= 0.3 is 211 Å². The molecule has 0 atom stereocenters. The predicted molar refractivity (Wildman–Crippen MR) is 112 cm³/mol. The second-order valence-electron chi connectivity index (χ2n) is 9.14. The van der Waals surface area contributed by atoms with E-state index in [0.717, 1.165) is 26.2 Å². The summed E-state index contributed by atoms with van der Waals surface area (Å²) in [4.78, 5) is 13.5. The molecule has 1 amide bonds. The van der Waals surface area contributed by atoms with Crippen LogP contribution in [0.3, 0.4) is 0 Å². The normalized spacial score (nSPS) is 22.1. The topological polar surface area (TPSA) is 38.8 Å². The third-order valence-corrected chi connectivity index (χ3v) is 11.6. The maximum absolute atomic E-state index is 14.5. The van der Waals surface area contributed by atoms with Crippen LogP contribution >= 0.6 is 7.06 Å². The number of halogens is 12. The van der Waals surface area contributed by atoms with Crippen molar-refractivity contribution >= 4 is 23.6 Å². The molecule has 2 aromatic rings. The van der Waals surface area contributed by atoms with Gasteiger partial charge in [-0.25, -0.2) is 0 Å². The number of fused-ring (bicyclic) bond motifs is 4. The molecule has 0 aliphatic carbocycles. The zero-order chi connectivity index (χ0) is 29.7. The summed E-state index contributed by atoms with van der Waals surface area (Å²) in [6, 6.07) is 4.33. The molecule has 0 bridgehead atoms. The molecular weight excluding hydrogens is 585 g/mol. The quantitative estimate of drug-likeness (QED) is 0.323. The van der Waals surface area contributed by atoms with Crippen molar-refractivity contribution in [2.24, 2.45) is 0 Å². The molecule has 4 rings (SSSR count). The van der Waals surface area contributed by atoms with Crippen LogP contribution in [0, 0.1) is 0 Å². The van der Waals surface area contributed by atoms with Crippen LogP contribution in [0.1, 0.15) is 11.1 Å². The molecule has 2 aliphatic heterocycles. The Labute approximate surface area is 211 Å². The molecule has 216 valence electrons. The zero-order valence-corrected chi connectivity index (χ0v) is 20.4. The van der Waals surface area contributed by atoms with Crippen molar-refractivity contribution in [3.05, 3.63) is 59.7 Å². The van der Waals surface area contributed by atoms with Gasteiger partial charge in [0.25, 0.3) is 0 Å². The van der Waals surface area contributed by atoms with Gasteiger partial charge in [0, 0.05) is 0 Å². The van der Waals surface area contributed by atoms with Crippen molar-refractivity contribution in [3.63, 3.8) is 0 Å². The van der Waals surface area contributed by atoms with Gasteiger partial charge in [-0.2, -0.15) is 0 Å². The first-order valence-electron chi connectivity index (χ1n) is 10.6. The van der Waals surface area contributed by atoms with Crippen LogP contribution in [0.5, 0.6) is 0 Å². The van der Waals surface area contributed by atoms with Crippen LogP contribution in [-0.2, 0) is 25.0 Å². The van der Waals surface area contributed by atoms with E-state index < -0.39 is 76.8 Å². The van der Waals surface area contributed by atoms with E-state index in [-0.39, 0.29) is 12.1 Å². The Morgan fingerprint density at radius 1 is 0.667 bits per heavy atom. The summed E-state index contributed by atoms with van der Waals surface area (Å²) >= 11 is 0. The molecule has 2 aromatic carbocycles. The van der Waals surface area contributed by atoms with Gasteiger partial charge in [0.2, 0.25) is 0 Å². The monoisotopic (exact) mass is 601 g/mol. The Balaban J connectivity index is 2.32. The number of amides is 1. The molecule has 0 N–H and O–H groups in total. The Kier molecular flexibility index (Phi) is 6.03. The van der Waals surface area contributed by atoms with Crippen LogP contribution in [-0.4, -0.2) is 55.8 Å². The fourth-order valence-electron chi connectivity index (χ4n) is 5.12. The number of carbonyl (C=O) groups is 1. The first-order chi connectivity index (χ1) is 17.5. The number of benzene rings is 2. The van der Waals surface area contributed by atoms with E-state index in [4.69, 9.17) is 9.05 Å². The van der Waals surface area contributed by atoms with E-state index in [0.29, 0.717) is 29.2 Å². The number of hydrogen-bond acceptors (Lipinski definition) is 3. The van der Waals surface area contributed by atoms with Crippen molar-refractivity contribution < 1.29 is 66.5 Å². The average molecular weight is 601 g/mol. The Bertz CT molecular complexity index is 1210. The SMILES string of the molecule is CN(C)C(=O)CP12(OC(C(F)(F)F)(C(F)(F)F)c3ccccc31)OC(C(F)(F)F)(C(F)(F)F)c1ccccc12. The van der Waals surface area contributed by atoms with Gasteiger partial charge in [-0.15, -0.1) is 0 Å². The van der Waals surface area contributed by atoms with Crippen LogP contribution in [0.4, 0.5) is 52.7 Å². The molecule has 2 aliphatic rings. The number of carbonyl (C=O) groups excluding carboxylic acids is 1. The third kappa shape index (κ3) is 3.43. The number of alkyl halides is 12. The number of rotatable bonds is 2. The molecule has 0 radical (unpaired) electrons. The molecule has 4 nitrogen and oxygen atoms in total. The van der Waals surface area contributed by atoms with E-state index in [9.17, 15) is 57.5 Å². The van der Waals surface area contributed by atoms with Gasteiger partial charge in [-0.3, -0.25) is 0 Å². The molecule has 0 saturated heterocycles. The molecule has 0 fully saturated rings. The first-order valence-corrected chi connectivity index (χ1v) is 12.9. The summed E-state index contributed by atoms with van der Waals surface area (Å²) in [5, 5.41) is -2.73. The Morgan fingerprint density at radius 2 is 0.974 bits per heavy atom. The summed E-state index contributed by atoms with van der Waals surface area (Å²) < 4.78 is 184. The minimum atomic E-state index is -7.00. The summed E-state index contributed by atoms with van der Waals surface area (Å²) in [6.07, 6.45) is -27.8. The summed E-state index contributed by atoms with van der Waals surface area (Å²) in [7, 11) is -5.11. The number of hydrogen-bond donors (Lipinski definition) is 0. The predicted octanol–water partition coefficient (Wildman–Crippen LogP) is 5.81. The van der Waals surface area contributed by atoms with Crippen molar-refractivity contribution in [2.45, 2.75) is 35.9 Å². The van der Waals surface area contributed by atoms with Crippen molar-refractivity contribution in [1.29, 1.82) is 0 Å². The number of nitrogens with zero attached hydrogens (tertiary/aromatic N) is 1. The van der Waals surface area contributed by atoms with Crippen LogP contribution < -0.4 is 10.6 Å². The molecule has 0 saturated carbocycles. The fraction of sp³-hybridized carbons (Fsp3) is 0.409. The van der Waals surface area contributed by atoms with Crippen molar-refractivity contribution in [1.82, 2.24) is 4.90 Å². The van der Waals surface area contributed by atoms with Gasteiger partial charge in [-0.05, 0) is 0 Å². The second kappa shape index (κ2) is 8.00. The van der Waals surface area contributed by atoms with E-state index in [2.05, 4.69) is 0 Å². The van der Waals surface area contributed by atoms with Gasteiger partial charge < -0.3 is 0 Å². The average Bonchev–Trinajstić information content (AvgIpc) is 3.21. The Hall–Kier alpha value is -2.58. The standard InChI is InChI=1S/C22H16F12NO3P/c1-35(2)16(36)11-39(14-9-5-3-7-12(14)17(37-39,19(23,24)25)20(26,27)28)15-10-6-4-8-13(15)18(38-39,21(29,30)31)22(32,33)34/h3-10H,11H2,1-2H3. The van der Waals surface area contributed by atoms with Crippen LogP contribution in [0.15, 0.2) is 48.5 Å². The van der Waals surface area contributed by atoms with E-state index in [1.807, 2.05) is 0 Å².